The quantitative estimate of drug-likeness (QED) is 0.901. The standard InChI is InChI=1S/C14H14N2O4/c1-18-11-4-3-9(7-12(11)19-2)13(17)16-14-10(8-15)5-6-20-14/h3-4,7H,5-6H2,1-2H3,(H,16,17). The highest BCUT2D eigenvalue weighted by Crippen LogP contribution is 2.27. The first-order valence-corrected chi connectivity index (χ1v) is 5.99. The molecule has 6 nitrogen and oxygen atoms in total. The molecule has 104 valence electrons. The van der Waals surface area contributed by atoms with E-state index >= 15 is 0 Å². The van der Waals surface area contributed by atoms with E-state index in [1.165, 1.54) is 14.2 Å². The van der Waals surface area contributed by atoms with Crippen LogP contribution in [0.1, 0.15) is 16.8 Å². The van der Waals surface area contributed by atoms with Crippen molar-refractivity contribution in [3.05, 3.63) is 35.2 Å². The van der Waals surface area contributed by atoms with E-state index in [1.54, 1.807) is 18.2 Å². The van der Waals surface area contributed by atoms with Crippen LogP contribution in [0.2, 0.25) is 0 Å². The molecule has 0 spiro atoms. The lowest BCUT2D eigenvalue weighted by molar-refractivity contribution is 0.0930. The molecule has 0 aromatic heterocycles. The van der Waals surface area contributed by atoms with E-state index in [2.05, 4.69) is 5.32 Å². The molecular formula is C14H14N2O4. The molecule has 1 aromatic rings. The van der Waals surface area contributed by atoms with Gasteiger partial charge in [0.2, 0.25) is 5.88 Å². The number of amides is 1. The van der Waals surface area contributed by atoms with Gasteiger partial charge < -0.3 is 14.2 Å². The fraction of sp³-hybridized carbons (Fsp3) is 0.286. The number of hydrogen-bond donors (Lipinski definition) is 1. The van der Waals surface area contributed by atoms with Crippen LogP contribution < -0.4 is 14.8 Å². The maximum Gasteiger partial charge on any atom is 0.258 e. The molecule has 0 saturated heterocycles. The zero-order valence-electron chi connectivity index (χ0n) is 11.2. The number of ether oxygens (including phenoxy) is 3. The first-order valence-electron chi connectivity index (χ1n) is 5.99. The average molecular weight is 274 g/mol. The molecule has 1 amide bonds. The summed E-state index contributed by atoms with van der Waals surface area (Å²) in [5, 5.41) is 11.5. The summed E-state index contributed by atoms with van der Waals surface area (Å²) in [6.07, 6.45) is 0.512. The lowest BCUT2D eigenvalue weighted by Gasteiger charge is -2.10. The molecule has 2 rings (SSSR count). The molecule has 1 N–H and O–H groups in total. The Kier molecular flexibility index (Phi) is 4.11. The van der Waals surface area contributed by atoms with Gasteiger partial charge in [0.05, 0.1) is 26.4 Å². The Hall–Kier alpha value is -2.68. The summed E-state index contributed by atoms with van der Waals surface area (Å²) >= 11 is 0. The van der Waals surface area contributed by atoms with Crippen LogP contribution in [0.15, 0.2) is 29.7 Å². The van der Waals surface area contributed by atoms with Crippen molar-refractivity contribution in [1.82, 2.24) is 5.32 Å². The van der Waals surface area contributed by atoms with Crippen molar-refractivity contribution in [3.63, 3.8) is 0 Å². The largest absolute Gasteiger partial charge is 0.493 e. The second kappa shape index (κ2) is 5.97. The SMILES string of the molecule is COc1ccc(C(=O)NC2=C(C#N)CCO2)cc1OC. The molecule has 0 saturated carbocycles. The summed E-state index contributed by atoms with van der Waals surface area (Å²) in [5.74, 6) is 0.864. The number of nitrogens with zero attached hydrogens (tertiary/aromatic N) is 1. The first-order chi connectivity index (χ1) is 9.69. The third kappa shape index (κ3) is 2.67. The molecule has 0 aliphatic carbocycles. The van der Waals surface area contributed by atoms with E-state index in [0.717, 1.165) is 0 Å². The molecule has 0 radical (unpaired) electrons. The lowest BCUT2D eigenvalue weighted by atomic mass is 10.2. The van der Waals surface area contributed by atoms with Crippen LogP contribution in [0, 0.1) is 11.3 Å². The number of nitriles is 1. The van der Waals surface area contributed by atoms with Gasteiger partial charge in [0.15, 0.2) is 11.5 Å². The summed E-state index contributed by atoms with van der Waals surface area (Å²) in [4.78, 5) is 12.1. The summed E-state index contributed by atoms with van der Waals surface area (Å²) < 4.78 is 15.5. The number of benzene rings is 1. The number of carbonyl (C=O) groups excluding carboxylic acids is 1. The average Bonchev–Trinajstić information content (AvgIpc) is 2.93. The predicted molar refractivity (Wildman–Crippen MR) is 70.2 cm³/mol. The number of methoxy groups -OCH3 is 2. The highest BCUT2D eigenvalue weighted by Gasteiger charge is 2.19. The van der Waals surface area contributed by atoms with Crippen molar-refractivity contribution < 1.29 is 19.0 Å². The van der Waals surface area contributed by atoms with Crippen LogP contribution >= 0.6 is 0 Å². The third-order valence-corrected chi connectivity index (χ3v) is 2.88. The molecule has 20 heavy (non-hydrogen) atoms. The zero-order chi connectivity index (χ0) is 14.5. The Morgan fingerprint density at radius 1 is 1.35 bits per heavy atom. The summed E-state index contributed by atoms with van der Waals surface area (Å²) in [5.41, 5.74) is 0.835. The van der Waals surface area contributed by atoms with Gasteiger partial charge in [-0.2, -0.15) is 5.26 Å². The van der Waals surface area contributed by atoms with Gasteiger partial charge in [-0.3, -0.25) is 10.1 Å². The van der Waals surface area contributed by atoms with Gasteiger partial charge in [0.1, 0.15) is 6.07 Å². The smallest absolute Gasteiger partial charge is 0.258 e. The van der Waals surface area contributed by atoms with Gasteiger partial charge in [0, 0.05) is 12.0 Å². The Balaban J connectivity index is 2.20. The number of rotatable bonds is 4. The molecule has 0 atom stereocenters. The Morgan fingerprint density at radius 3 is 2.75 bits per heavy atom. The van der Waals surface area contributed by atoms with Crippen LogP contribution in [0.4, 0.5) is 0 Å². The van der Waals surface area contributed by atoms with E-state index in [4.69, 9.17) is 19.5 Å². The van der Waals surface area contributed by atoms with Crippen molar-refractivity contribution in [2.75, 3.05) is 20.8 Å². The van der Waals surface area contributed by atoms with Crippen LogP contribution in [0.5, 0.6) is 11.5 Å². The topological polar surface area (TPSA) is 80.6 Å². The summed E-state index contributed by atoms with van der Waals surface area (Å²) in [6.45, 7) is 0.407. The van der Waals surface area contributed by atoms with Crippen molar-refractivity contribution in [2.24, 2.45) is 0 Å². The fourth-order valence-corrected chi connectivity index (χ4v) is 1.83. The molecule has 0 bridgehead atoms. The second-order valence-corrected chi connectivity index (χ2v) is 4.04. The summed E-state index contributed by atoms with van der Waals surface area (Å²) in [7, 11) is 3.02. The van der Waals surface area contributed by atoms with Gasteiger partial charge in [-0.25, -0.2) is 0 Å². The highest BCUT2D eigenvalue weighted by molar-refractivity contribution is 5.96. The third-order valence-electron chi connectivity index (χ3n) is 2.88. The predicted octanol–water partition coefficient (Wildman–Crippen LogP) is 1.59. The van der Waals surface area contributed by atoms with E-state index < -0.39 is 0 Å². The van der Waals surface area contributed by atoms with E-state index in [9.17, 15) is 4.79 Å². The minimum absolute atomic E-state index is 0.229. The number of hydrogen-bond acceptors (Lipinski definition) is 5. The van der Waals surface area contributed by atoms with Gasteiger partial charge in [-0.1, -0.05) is 0 Å². The van der Waals surface area contributed by atoms with Crippen LogP contribution in [0.25, 0.3) is 0 Å². The van der Waals surface area contributed by atoms with Gasteiger partial charge in [-0.05, 0) is 18.2 Å². The Morgan fingerprint density at radius 2 is 2.10 bits per heavy atom. The molecule has 1 aromatic carbocycles. The molecule has 0 fully saturated rings. The van der Waals surface area contributed by atoms with Crippen molar-refractivity contribution >= 4 is 5.91 Å². The minimum Gasteiger partial charge on any atom is -0.493 e. The van der Waals surface area contributed by atoms with Crippen molar-refractivity contribution in [2.45, 2.75) is 6.42 Å². The molecule has 1 heterocycles. The Labute approximate surface area is 116 Å². The van der Waals surface area contributed by atoms with Crippen molar-refractivity contribution in [1.29, 1.82) is 5.26 Å². The molecular weight excluding hydrogens is 260 g/mol. The first kappa shape index (κ1) is 13.7. The normalized spacial score (nSPS) is 13.4. The molecule has 0 unspecified atom stereocenters. The fourth-order valence-electron chi connectivity index (χ4n) is 1.83. The van der Waals surface area contributed by atoms with Crippen molar-refractivity contribution in [3.8, 4) is 17.6 Å². The second-order valence-electron chi connectivity index (χ2n) is 4.04. The van der Waals surface area contributed by atoms with E-state index in [-0.39, 0.29) is 11.8 Å². The Bertz CT molecular complexity index is 602. The van der Waals surface area contributed by atoms with Gasteiger partial charge in [0.25, 0.3) is 5.91 Å². The molecule has 1 aliphatic heterocycles. The van der Waals surface area contributed by atoms with E-state index in [1.807, 2.05) is 6.07 Å². The number of nitrogens with one attached hydrogen (secondary N) is 1. The monoisotopic (exact) mass is 274 g/mol. The van der Waals surface area contributed by atoms with Crippen LogP contribution in [-0.4, -0.2) is 26.7 Å². The zero-order valence-corrected chi connectivity index (χ0v) is 11.2. The lowest BCUT2D eigenvalue weighted by Crippen LogP contribution is -2.23. The van der Waals surface area contributed by atoms with Gasteiger partial charge >= 0.3 is 0 Å². The molecule has 1 aliphatic rings. The molecule has 6 heteroatoms. The minimum atomic E-state index is -0.365. The highest BCUT2D eigenvalue weighted by atomic mass is 16.5. The maximum absolute atomic E-state index is 12.1. The van der Waals surface area contributed by atoms with Crippen LogP contribution in [-0.2, 0) is 4.74 Å². The van der Waals surface area contributed by atoms with E-state index in [0.29, 0.717) is 35.7 Å². The van der Waals surface area contributed by atoms with Gasteiger partial charge in [-0.15, -0.1) is 0 Å². The van der Waals surface area contributed by atoms with Crippen LogP contribution in [0.3, 0.4) is 0 Å². The summed E-state index contributed by atoms with van der Waals surface area (Å²) in [6, 6.07) is 6.82. The number of carbonyl (C=O) groups is 1. The maximum atomic E-state index is 12.1.